The van der Waals surface area contributed by atoms with Crippen LogP contribution in [0.25, 0.3) is 0 Å². The first kappa shape index (κ1) is 17.3. The van der Waals surface area contributed by atoms with Gasteiger partial charge < -0.3 is 18.9 Å². The molecule has 2 aromatic rings. The highest BCUT2D eigenvalue weighted by atomic mass is 16.6. The zero-order valence-corrected chi connectivity index (χ0v) is 14.1. The van der Waals surface area contributed by atoms with Crippen molar-refractivity contribution in [1.82, 2.24) is 20.4 Å². The zero-order valence-electron chi connectivity index (χ0n) is 14.1. The van der Waals surface area contributed by atoms with Crippen molar-refractivity contribution in [1.29, 1.82) is 0 Å². The molecule has 3 rings (SSSR count). The van der Waals surface area contributed by atoms with Gasteiger partial charge in [-0.05, 0) is 12.1 Å². The van der Waals surface area contributed by atoms with E-state index in [0.717, 1.165) is 5.01 Å². The molecule has 1 fully saturated rings. The van der Waals surface area contributed by atoms with E-state index < -0.39 is 12.0 Å². The van der Waals surface area contributed by atoms with E-state index in [1.807, 2.05) is 0 Å². The third kappa shape index (κ3) is 3.74. The SMILES string of the molecule is COc1cc(OC)nc(Oc2ccccc2C(=O)NN2CCOC2=O)n1. The number of carbonyl (C=O) groups is 2. The average Bonchev–Trinajstić information content (AvgIpc) is 3.06. The minimum Gasteiger partial charge on any atom is -0.481 e. The Hall–Kier alpha value is -3.56. The molecular weight excluding hydrogens is 344 g/mol. The van der Waals surface area contributed by atoms with Gasteiger partial charge in [-0.3, -0.25) is 10.2 Å². The molecule has 10 nitrogen and oxygen atoms in total. The first-order valence-electron chi connectivity index (χ1n) is 7.60. The molecule has 0 bridgehead atoms. The third-order valence-corrected chi connectivity index (χ3v) is 3.41. The van der Waals surface area contributed by atoms with Crippen molar-refractivity contribution in [2.75, 3.05) is 27.4 Å². The van der Waals surface area contributed by atoms with Crippen molar-refractivity contribution in [2.24, 2.45) is 0 Å². The molecule has 1 aromatic heterocycles. The summed E-state index contributed by atoms with van der Waals surface area (Å²) in [5.41, 5.74) is 2.66. The summed E-state index contributed by atoms with van der Waals surface area (Å²) < 4.78 is 20.5. The van der Waals surface area contributed by atoms with E-state index in [-0.39, 0.29) is 42.2 Å². The lowest BCUT2D eigenvalue weighted by molar-refractivity contribution is 0.0829. The number of hydrazine groups is 1. The highest BCUT2D eigenvalue weighted by molar-refractivity contribution is 5.97. The van der Waals surface area contributed by atoms with Crippen molar-refractivity contribution in [2.45, 2.75) is 0 Å². The van der Waals surface area contributed by atoms with Crippen molar-refractivity contribution in [3.63, 3.8) is 0 Å². The maximum atomic E-state index is 12.5. The first-order valence-corrected chi connectivity index (χ1v) is 7.60. The number of carbonyl (C=O) groups excluding carboxylic acids is 2. The number of amides is 2. The lowest BCUT2D eigenvalue weighted by atomic mass is 10.2. The predicted molar refractivity (Wildman–Crippen MR) is 87.2 cm³/mol. The van der Waals surface area contributed by atoms with E-state index in [1.165, 1.54) is 20.3 Å². The monoisotopic (exact) mass is 360 g/mol. The molecule has 26 heavy (non-hydrogen) atoms. The molecule has 0 atom stereocenters. The number of benzene rings is 1. The Kier molecular flexibility index (Phi) is 5.02. The second kappa shape index (κ2) is 7.55. The molecule has 1 aliphatic rings. The summed E-state index contributed by atoms with van der Waals surface area (Å²) in [5, 5.41) is 1.09. The molecule has 10 heteroatoms. The van der Waals surface area contributed by atoms with E-state index in [0.29, 0.717) is 0 Å². The van der Waals surface area contributed by atoms with Gasteiger partial charge in [-0.25, -0.2) is 9.80 Å². The van der Waals surface area contributed by atoms with Crippen molar-refractivity contribution < 1.29 is 28.5 Å². The molecule has 136 valence electrons. The fourth-order valence-electron chi connectivity index (χ4n) is 2.16. The molecule has 1 saturated heterocycles. The smallest absolute Gasteiger partial charge is 0.428 e. The number of nitrogens with one attached hydrogen (secondary N) is 1. The predicted octanol–water partition coefficient (Wildman–Crippen LogP) is 1.38. The zero-order chi connectivity index (χ0) is 18.5. The first-order chi connectivity index (χ1) is 12.6. The van der Waals surface area contributed by atoms with Crippen LogP contribution in [-0.4, -0.2) is 54.3 Å². The molecule has 2 heterocycles. The fourth-order valence-corrected chi connectivity index (χ4v) is 2.16. The van der Waals surface area contributed by atoms with E-state index in [2.05, 4.69) is 15.4 Å². The molecule has 1 aliphatic heterocycles. The van der Waals surface area contributed by atoms with Crippen LogP contribution in [0.3, 0.4) is 0 Å². The van der Waals surface area contributed by atoms with Crippen molar-refractivity contribution >= 4 is 12.0 Å². The van der Waals surface area contributed by atoms with Gasteiger partial charge in [0.2, 0.25) is 11.8 Å². The number of rotatable bonds is 6. The summed E-state index contributed by atoms with van der Waals surface area (Å²) in [6.45, 7) is 0.485. The average molecular weight is 360 g/mol. The molecule has 1 N–H and O–H groups in total. The standard InChI is InChI=1S/C16H16N4O6/c1-23-12-9-13(24-2)18-15(17-12)26-11-6-4-3-5-10(11)14(21)19-20-7-8-25-16(20)22/h3-6,9H,7-8H2,1-2H3,(H,19,21). The van der Waals surface area contributed by atoms with Crippen LogP contribution >= 0.6 is 0 Å². The van der Waals surface area contributed by atoms with Gasteiger partial charge in [0.15, 0.2) is 0 Å². The van der Waals surface area contributed by atoms with Gasteiger partial charge in [-0.2, -0.15) is 9.97 Å². The second-order valence-electron chi connectivity index (χ2n) is 5.04. The molecular formula is C16H16N4O6. The largest absolute Gasteiger partial charge is 0.481 e. The van der Waals surface area contributed by atoms with Crippen molar-refractivity contribution in [3.8, 4) is 23.5 Å². The van der Waals surface area contributed by atoms with Gasteiger partial charge in [0.1, 0.15) is 12.4 Å². The topological polar surface area (TPSA) is 112 Å². The second-order valence-corrected chi connectivity index (χ2v) is 5.04. The van der Waals surface area contributed by atoms with Crippen LogP contribution in [0, 0.1) is 0 Å². The Labute approximate surface area is 148 Å². The van der Waals surface area contributed by atoms with Crippen LogP contribution in [0.1, 0.15) is 10.4 Å². The van der Waals surface area contributed by atoms with Gasteiger partial charge in [0, 0.05) is 0 Å². The molecule has 0 aliphatic carbocycles. The Morgan fingerprint density at radius 2 is 1.88 bits per heavy atom. The number of para-hydroxylation sites is 1. The molecule has 0 unspecified atom stereocenters. The number of hydrogen-bond donors (Lipinski definition) is 1. The maximum absolute atomic E-state index is 12.5. The van der Waals surface area contributed by atoms with Crippen LogP contribution < -0.4 is 19.6 Å². The number of ether oxygens (including phenoxy) is 4. The molecule has 1 aromatic carbocycles. The Bertz CT molecular complexity index is 806. The minimum absolute atomic E-state index is 0.0537. The quantitative estimate of drug-likeness (QED) is 0.822. The van der Waals surface area contributed by atoms with Gasteiger partial charge in [0.25, 0.3) is 5.91 Å². The van der Waals surface area contributed by atoms with Crippen molar-refractivity contribution in [3.05, 3.63) is 35.9 Å². The van der Waals surface area contributed by atoms with Crippen LogP contribution in [0.5, 0.6) is 23.5 Å². The van der Waals surface area contributed by atoms with Crippen LogP contribution in [0.15, 0.2) is 30.3 Å². The Morgan fingerprint density at radius 3 is 2.50 bits per heavy atom. The van der Waals surface area contributed by atoms with Gasteiger partial charge >= 0.3 is 12.1 Å². The summed E-state index contributed by atoms with van der Waals surface area (Å²) in [6.07, 6.45) is -0.613. The lowest BCUT2D eigenvalue weighted by Gasteiger charge is -2.15. The lowest BCUT2D eigenvalue weighted by Crippen LogP contribution is -2.42. The summed E-state index contributed by atoms with van der Waals surface area (Å²) >= 11 is 0. The summed E-state index contributed by atoms with van der Waals surface area (Å²) in [6, 6.07) is 7.91. The van der Waals surface area contributed by atoms with Crippen LogP contribution in [0.2, 0.25) is 0 Å². The van der Waals surface area contributed by atoms with E-state index in [4.69, 9.17) is 18.9 Å². The highest BCUT2D eigenvalue weighted by Gasteiger charge is 2.25. The third-order valence-electron chi connectivity index (χ3n) is 3.41. The molecule has 0 spiro atoms. The molecule has 0 saturated carbocycles. The van der Waals surface area contributed by atoms with Crippen LogP contribution in [-0.2, 0) is 4.74 Å². The fraction of sp³-hybridized carbons (Fsp3) is 0.250. The molecule has 0 radical (unpaired) electrons. The normalized spacial score (nSPS) is 13.2. The van der Waals surface area contributed by atoms with E-state index in [9.17, 15) is 9.59 Å². The minimum atomic E-state index is -0.613. The van der Waals surface area contributed by atoms with Gasteiger partial charge in [-0.1, -0.05) is 12.1 Å². The number of nitrogens with zero attached hydrogens (tertiary/aromatic N) is 3. The number of aromatic nitrogens is 2. The Balaban J connectivity index is 1.83. The highest BCUT2D eigenvalue weighted by Crippen LogP contribution is 2.26. The number of cyclic esters (lactones) is 1. The van der Waals surface area contributed by atoms with Crippen LogP contribution in [0.4, 0.5) is 4.79 Å². The van der Waals surface area contributed by atoms with Gasteiger partial charge in [0.05, 0.1) is 32.4 Å². The Morgan fingerprint density at radius 1 is 1.19 bits per heavy atom. The number of methoxy groups -OCH3 is 2. The summed E-state index contributed by atoms with van der Waals surface area (Å²) in [4.78, 5) is 32.1. The maximum Gasteiger partial charge on any atom is 0.428 e. The van der Waals surface area contributed by atoms with Gasteiger partial charge in [-0.15, -0.1) is 0 Å². The van der Waals surface area contributed by atoms with E-state index >= 15 is 0 Å². The number of hydrogen-bond acceptors (Lipinski definition) is 8. The summed E-state index contributed by atoms with van der Waals surface area (Å²) in [5.74, 6) is 0.157. The summed E-state index contributed by atoms with van der Waals surface area (Å²) in [7, 11) is 2.89. The van der Waals surface area contributed by atoms with E-state index in [1.54, 1.807) is 24.3 Å². The molecule has 2 amide bonds.